The Labute approximate surface area is 201 Å². The summed E-state index contributed by atoms with van der Waals surface area (Å²) in [6.45, 7) is 3.74. The van der Waals surface area contributed by atoms with Crippen LogP contribution < -0.4 is 5.73 Å². The van der Waals surface area contributed by atoms with Gasteiger partial charge in [0.1, 0.15) is 0 Å². The van der Waals surface area contributed by atoms with Crippen molar-refractivity contribution in [1.82, 2.24) is 9.80 Å². The number of carbonyl (C=O) groups excluding carboxylic acids is 3. The first-order valence-electron chi connectivity index (χ1n) is 11.7. The van der Waals surface area contributed by atoms with Crippen molar-refractivity contribution in [3.63, 3.8) is 0 Å². The van der Waals surface area contributed by atoms with E-state index in [4.69, 9.17) is 10.5 Å². The van der Waals surface area contributed by atoms with Gasteiger partial charge in [0.2, 0.25) is 5.91 Å². The molecule has 0 saturated carbocycles. The van der Waals surface area contributed by atoms with E-state index in [1.807, 2.05) is 24.3 Å². The van der Waals surface area contributed by atoms with Gasteiger partial charge in [0.15, 0.2) is 0 Å². The fourth-order valence-corrected chi connectivity index (χ4v) is 3.90. The maximum absolute atomic E-state index is 12.6. The molecule has 0 atom stereocenters. The second-order valence-corrected chi connectivity index (χ2v) is 8.70. The summed E-state index contributed by atoms with van der Waals surface area (Å²) < 4.78 is 5.33. The number of carbonyl (C=O) groups is 3. The third kappa shape index (κ3) is 6.25. The third-order valence-corrected chi connectivity index (χ3v) is 5.91. The van der Waals surface area contributed by atoms with Crippen molar-refractivity contribution >= 4 is 24.0 Å². The van der Waals surface area contributed by atoms with Crippen LogP contribution in [-0.4, -0.2) is 61.5 Å². The molecule has 2 aromatic carbocycles. The van der Waals surface area contributed by atoms with Crippen LogP contribution in [-0.2, 0) is 4.74 Å². The highest BCUT2D eigenvalue weighted by atomic mass is 16.6. The van der Waals surface area contributed by atoms with Gasteiger partial charge in [0.05, 0.1) is 6.61 Å². The summed E-state index contributed by atoms with van der Waals surface area (Å²) in [5.74, 6) is -0.595. The van der Waals surface area contributed by atoms with Gasteiger partial charge in [-0.05, 0) is 60.2 Å². The van der Waals surface area contributed by atoms with Crippen LogP contribution in [0.15, 0.2) is 48.0 Å². The number of unbranched alkanes of at least 4 members (excludes halogenated alkanes) is 1. The molecule has 3 rings (SSSR count). The van der Waals surface area contributed by atoms with Crippen molar-refractivity contribution in [2.75, 3.05) is 33.8 Å². The minimum atomic E-state index is -0.500. The Morgan fingerprint density at radius 1 is 1.06 bits per heavy atom. The van der Waals surface area contributed by atoms with Gasteiger partial charge in [-0.15, -0.1) is 0 Å². The Morgan fingerprint density at radius 3 is 2.44 bits per heavy atom. The van der Waals surface area contributed by atoms with Crippen molar-refractivity contribution in [3.05, 3.63) is 64.7 Å². The fourth-order valence-electron chi connectivity index (χ4n) is 3.90. The molecule has 0 bridgehead atoms. The van der Waals surface area contributed by atoms with E-state index in [1.54, 1.807) is 37.2 Å². The highest BCUT2D eigenvalue weighted by Gasteiger charge is 2.21. The lowest BCUT2D eigenvalue weighted by Crippen LogP contribution is -2.36. The lowest BCUT2D eigenvalue weighted by Gasteiger charge is -2.28. The highest BCUT2D eigenvalue weighted by molar-refractivity contribution is 5.97. The van der Waals surface area contributed by atoms with Gasteiger partial charge in [-0.2, -0.15) is 0 Å². The molecule has 1 aliphatic rings. The first kappa shape index (κ1) is 25.0. The van der Waals surface area contributed by atoms with Gasteiger partial charge in [0.25, 0.3) is 5.91 Å². The number of hydrogen-bond acceptors (Lipinski definition) is 4. The van der Waals surface area contributed by atoms with Gasteiger partial charge >= 0.3 is 6.09 Å². The van der Waals surface area contributed by atoms with Crippen molar-refractivity contribution in [3.8, 4) is 11.1 Å². The smallest absolute Gasteiger partial charge is 0.409 e. The number of primary amides is 1. The maximum atomic E-state index is 12.6. The Balaban J connectivity index is 1.87. The molecule has 1 saturated heterocycles. The molecule has 7 nitrogen and oxygen atoms in total. The van der Waals surface area contributed by atoms with E-state index in [0.29, 0.717) is 30.8 Å². The number of nitrogens with two attached hydrogens (primary N) is 1. The summed E-state index contributed by atoms with van der Waals surface area (Å²) in [5, 5.41) is 0. The van der Waals surface area contributed by atoms with Crippen molar-refractivity contribution in [2.45, 2.75) is 32.6 Å². The minimum absolute atomic E-state index is 0.0959. The Morgan fingerprint density at radius 2 is 1.79 bits per heavy atom. The van der Waals surface area contributed by atoms with Gasteiger partial charge in [-0.1, -0.05) is 43.2 Å². The monoisotopic (exact) mass is 463 g/mol. The molecular weight excluding hydrogens is 430 g/mol. The Hall–Kier alpha value is -3.61. The third-order valence-electron chi connectivity index (χ3n) is 5.91. The molecule has 0 radical (unpaired) electrons. The molecule has 0 spiro atoms. The van der Waals surface area contributed by atoms with Crippen LogP contribution in [0.3, 0.4) is 0 Å². The number of nitrogens with zero attached hydrogens (tertiary/aromatic N) is 2. The quantitative estimate of drug-likeness (QED) is 0.609. The van der Waals surface area contributed by atoms with Gasteiger partial charge in [0, 0.05) is 38.3 Å². The summed E-state index contributed by atoms with van der Waals surface area (Å²) >= 11 is 0. The van der Waals surface area contributed by atoms with E-state index in [0.717, 1.165) is 42.4 Å². The molecule has 180 valence electrons. The zero-order valence-corrected chi connectivity index (χ0v) is 20.2. The van der Waals surface area contributed by atoms with E-state index in [9.17, 15) is 14.4 Å². The predicted molar refractivity (Wildman–Crippen MR) is 133 cm³/mol. The number of likely N-dealkylation sites (tertiary alicyclic amines) is 1. The predicted octanol–water partition coefficient (Wildman–Crippen LogP) is 4.57. The lowest BCUT2D eigenvalue weighted by molar-refractivity contribution is 0.0827. The average Bonchev–Trinajstić information content (AvgIpc) is 2.84. The zero-order valence-electron chi connectivity index (χ0n) is 20.2. The molecule has 1 heterocycles. The van der Waals surface area contributed by atoms with E-state index >= 15 is 0 Å². The molecule has 1 aliphatic heterocycles. The van der Waals surface area contributed by atoms with Crippen molar-refractivity contribution < 1.29 is 19.1 Å². The Bertz CT molecular complexity index is 1080. The van der Waals surface area contributed by atoms with E-state index < -0.39 is 5.91 Å². The molecule has 3 amide bonds. The van der Waals surface area contributed by atoms with Crippen molar-refractivity contribution in [2.24, 2.45) is 5.73 Å². The molecule has 2 N–H and O–H groups in total. The summed E-state index contributed by atoms with van der Waals surface area (Å²) in [4.78, 5) is 39.8. The van der Waals surface area contributed by atoms with E-state index in [2.05, 4.69) is 13.0 Å². The summed E-state index contributed by atoms with van der Waals surface area (Å²) in [7, 11) is 3.43. The molecule has 0 unspecified atom stereocenters. The molecule has 7 heteroatoms. The topological polar surface area (TPSA) is 92.9 Å². The fraction of sp³-hybridized carbons (Fsp3) is 0.370. The van der Waals surface area contributed by atoms with Crippen LogP contribution in [0, 0.1) is 0 Å². The van der Waals surface area contributed by atoms with Crippen molar-refractivity contribution in [1.29, 1.82) is 0 Å². The largest absolute Gasteiger partial charge is 0.449 e. The maximum Gasteiger partial charge on any atom is 0.409 e. The first-order chi connectivity index (χ1) is 16.3. The lowest BCUT2D eigenvalue weighted by atomic mass is 9.92. The summed E-state index contributed by atoms with van der Waals surface area (Å²) in [5.41, 5.74) is 10.3. The van der Waals surface area contributed by atoms with Gasteiger partial charge in [-0.25, -0.2) is 4.79 Å². The molecule has 2 aromatic rings. The summed E-state index contributed by atoms with van der Waals surface area (Å²) in [6, 6.07) is 12.7. The zero-order chi connectivity index (χ0) is 24.7. The number of piperidine rings is 1. The minimum Gasteiger partial charge on any atom is -0.449 e. The summed E-state index contributed by atoms with van der Waals surface area (Å²) in [6.07, 6.45) is 5.24. The number of rotatable bonds is 7. The van der Waals surface area contributed by atoms with Gasteiger partial charge < -0.3 is 20.3 Å². The van der Waals surface area contributed by atoms with Crippen LogP contribution in [0.25, 0.3) is 17.2 Å². The number of hydrogen-bond donors (Lipinski definition) is 1. The molecular formula is C27H33N3O4. The van der Waals surface area contributed by atoms with Crippen LogP contribution in [0.4, 0.5) is 4.79 Å². The molecule has 0 aliphatic carbocycles. The van der Waals surface area contributed by atoms with Crippen LogP contribution in [0.2, 0.25) is 0 Å². The SMILES string of the molecule is CCCCOC(=O)N1CCC(=Cc2ccc(C(=O)N(C)C)cc2-c2cccc(C(N)=O)c2)CC1. The molecule has 34 heavy (non-hydrogen) atoms. The molecule has 0 aromatic heterocycles. The standard InChI is InChI=1S/C27H33N3O4/c1-4-5-15-34-27(33)30-13-11-19(12-14-30)16-21-9-10-23(26(32)29(2)3)18-24(21)20-7-6-8-22(17-20)25(28)31/h6-10,16-18H,4-5,11-15H2,1-3H3,(H2,28,31). The number of benzene rings is 2. The second kappa shape index (κ2) is 11.5. The normalized spacial score (nSPS) is 13.4. The first-order valence-corrected chi connectivity index (χ1v) is 11.7. The number of ether oxygens (including phenoxy) is 1. The Kier molecular flexibility index (Phi) is 8.46. The average molecular weight is 464 g/mol. The van der Waals surface area contributed by atoms with Crippen LogP contribution >= 0.6 is 0 Å². The number of amides is 3. The van der Waals surface area contributed by atoms with Crippen LogP contribution in [0.1, 0.15) is 58.9 Å². The molecule has 1 fully saturated rings. The highest BCUT2D eigenvalue weighted by Crippen LogP contribution is 2.30. The van der Waals surface area contributed by atoms with Gasteiger partial charge in [-0.3, -0.25) is 9.59 Å². The van der Waals surface area contributed by atoms with E-state index in [-0.39, 0.29) is 12.0 Å². The second-order valence-electron chi connectivity index (χ2n) is 8.70. The van der Waals surface area contributed by atoms with Crippen LogP contribution in [0.5, 0.6) is 0 Å². The van der Waals surface area contributed by atoms with E-state index in [1.165, 1.54) is 10.5 Å².